The molecule has 0 aliphatic carbocycles. The molecule has 0 fully saturated rings. The first-order valence-electron chi connectivity index (χ1n) is 6.52. The summed E-state index contributed by atoms with van der Waals surface area (Å²) < 4.78 is 0. The highest BCUT2D eigenvalue weighted by Gasteiger charge is 2.17. The Hall–Kier alpha value is -1.35. The van der Waals surface area contributed by atoms with Crippen LogP contribution in [0.25, 0.3) is 0 Å². The van der Waals surface area contributed by atoms with E-state index in [1.807, 2.05) is 32.0 Å². The van der Waals surface area contributed by atoms with Gasteiger partial charge >= 0.3 is 0 Å². The SMILES string of the molecule is Cc1cccc([C@@H](C)NC(=O)C(N)CC(C)C)c1. The molecule has 1 aromatic rings. The Bertz CT molecular complexity index is 401. The summed E-state index contributed by atoms with van der Waals surface area (Å²) in [6.45, 7) is 8.16. The fraction of sp³-hybridized carbons (Fsp3) is 0.533. The molecule has 0 bridgehead atoms. The number of hydrogen-bond acceptors (Lipinski definition) is 2. The summed E-state index contributed by atoms with van der Waals surface area (Å²) in [5, 5.41) is 2.96. The molecule has 0 saturated carbocycles. The highest BCUT2D eigenvalue weighted by molar-refractivity contribution is 5.81. The molecule has 0 aliphatic heterocycles. The zero-order valence-electron chi connectivity index (χ0n) is 11.7. The average Bonchev–Trinajstić information content (AvgIpc) is 2.27. The maximum Gasteiger partial charge on any atom is 0.237 e. The van der Waals surface area contributed by atoms with Crippen LogP contribution in [0.5, 0.6) is 0 Å². The third-order valence-electron chi connectivity index (χ3n) is 2.96. The monoisotopic (exact) mass is 248 g/mol. The van der Waals surface area contributed by atoms with E-state index in [9.17, 15) is 4.79 Å². The average molecular weight is 248 g/mol. The molecule has 3 heteroatoms. The predicted molar refractivity (Wildman–Crippen MR) is 75.2 cm³/mol. The predicted octanol–water partition coefficient (Wildman–Crippen LogP) is 2.55. The van der Waals surface area contributed by atoms with Crippen molar-refractivity contribution < 1.29 is 4.79 Å². The molecular formula is C15H24N2O. The number of nitrogens with two attached hydrogens (primary N) is 1. The summed E-state index contributed by atoms with van der Waals surface area (Å²) in [5.74, 6) is 0.359. The molecule has 0 radical (unpaired) electrons. The van der Waals surface area contributed by atoms with E-state index in [0.29, 0.717) is 12.3 Å². The molecular weight excluding hydrogens is 224 g/mol. The summed E-state index contributed by atoms with van der Waals surface area (Å²) in [6, 6.07) is 7.72. The van der Waals surface area contributed by atoms with Crippen LogP contribution in [-0.2, 0) is 4.79 Å². The molecule has 1 aromatic carbocycles. The molecule has 18 heavy (non-hydrogen) atoms. The van der Waals surface area contributed by atoms with Crippen LogP contribution < -0.4 is 11.1 Å². The Morgan fingerprint density at radius 2 is 2.00 bits per heavy atom. The van der Waals surface area contributed by atoms with Gasteiger partial charge in [0.25, 0.3) is 0 Å². The van der Waals surface area contributed by atoms with Gasteiger partial charge in [0.15, 0.2) is 0 Å². The first kappa shape index (κ1) is 14.7. The number of aryl methyl sites for hydroxylation is 1. The molecule has 0 heterocycles. The van der Waals surface area contributed by atoms with E-state index in [1.165, 1.54) is 5.56 Å². The van der Waals surface area contributed by atoms with Crippen molar-refractivity contribution in [3.8, 4) is 0 Å². The lowest BCUT2D eigenvalue weighted by Gasteiger charge is -2.19. The maximum atomic E-state index is 11.9. The largest absolute Gasteiger partial charge is 0.348 e. The van der Waals surface area contributed by atoms with Crippen molar-refractivity contribution in [1.29, 1.82) is 0 Å². The first-order chi connectivity index (χ1) is 8.40. The summed E-state index contributed by atoms with van der Waals surface area (Å²) in [7, 11) is 0. The van der Waals surface area contributed by atoms with Gasteiger partial charge in [-0.25, -0.2) is 0 Å². The van der Waals surface area contributed by atoms with E-state index >= 15 is 0 Å². The van der Waals surface area contributed by atoms with Crippen LogP contribution in [0.15, 0.2) is 24.3 Å². The van der Waals surface area contributed by atoms with Crippen molar-refractivity contribution in [2.75, 3.05) is 0 Å². The van der Waals surface area contributed by atoms with E-state index in [0.717, 1.165) is 5.56 Å². The van der Waals surface area contributed by atoms with Crippen LogP contribution in [0, 0.1) is 12.8 Å². The van der Waals surface area contributed by atoms with E-state index < -0.39 is 6.04 Å². The minimum Gasteiger partial charge on any atom is -0.348 e. The van der Waals surface area contributed by atoms with Crippen molar-refractivity contribution >= 4 is 5.91 Å². The van der Waals surface area contributed by atoms with Gasteiger partial charge in [-0.15, -0.1) is 0 Å². The van der Waals surface area contributed by atoms with Gasteiger partial charge in [-0.3, -0.25) is 4.79 Å². The summed E-state index contributed by atoms with van der Waals surface area (Å²) in [4.78, 5) is 11.9. The van der Waals surface area contributed by atoms with Gasteiger partial charge < -0.3 is 11.1 Å². The Morgan fingerprint density at radius 3 is 2.56 bits per heavy atom. The summed E-state index contributed by atoms with van der Waals surface area (Å²) in [5.41, 5.74) is 8.17. The molecule has 100 valence electrons. The molecule has 2 atom stereocenters. The smallest absolute Gasteiger partial charge is 0.237 e. The topological polar surface area (TPSA) is 55.1 Å². The van der Waals surface area contributed by atoms with Crippen LogP contribution >= 0.6 is 0 Å². The Labute approximate surface area is 110 Å². The van der Waals surface area contributed by atoms with Crippen LogP contribution in [0.3, 0.4) is 0 Å². The lowest BCUT2D eigenvalue weighted by atomic mass is 10.0. The Kier molecular flexibility index (Phi) is 5.35. The number of carbonyl (C=O) groups is 1. The van der Waals surface area contributed by atoms with Crippen molar-refractivity contribution in [1.82, 2.24) is 5.32 Å². The van der Waals surface area contributed by atoms with E-state index in [4.69, 9.17) is 5.73 Å². The molecule has 0 saturated heterocycles. The molecule has 3 nitrogen and oxygen atoms in total. The van der Waals surface area contributed by atoms with Crippen molar-refractivity contribution in [2.24, 2.45) is 11.7 Å². The molecule has 1 amide bonds. The quantitative estimate of drug-likeness (QED) is 0.841. The van der Waals surface area contributed by atoms with Crippen molar-refractivity contribution in [2.45, 2.75) is 46.2 Å². The van der Waals surface area contributed by atoms with E-state index in [-0.39, 0.29) is 11.9 Å². The number of rotatable bonds is 5. The highest BCUT2D eigenvalue weighted by Crippen LogP contribution is 2.14. The van der Waals surface area contributed by atoms with Crippen LogP contribution in [-0.4, -0.2) is 11.9 Å². The summed E-state index contributed by atoms with van der Waals surface area (Å²) >= 11 is 0. The van der Waals surface area contributed by atoms with Crippen LogP contribution in [0.2, 0.25) is 0 Å². The number of carbonyl (C=O) groups excluding carboxylic acids is 1. The maximum absolute atomic E-state index is 11.9. The second-order valence-electron chi connectivity index (χ2n) is 5.38. The van der Waals surface area contributed by atoms with E-state index in [1.54, 1.807) is 0 Å². The van der Waals surface area contributed by atoms with Gasteiger partial charge in [-0.05, 0) is 31.7 Å². The number of nitrogens with one attached hydrogen (secondary N) is 1. The number of amides is 1. The lowest BCUT2D eigenvalue weighted by molar-refractivity contribution is -0.123. The fourth-order valence-electron chi connectivity index (χ4n) is 1.96. The molecule has 1 unspecified atom stereocenters. The molecule has 0 aromatic heterocycles. The highest BCUT2D eigenvalue weighted by atomic mass is 16.2. The normalized spacial score (nSPS) is 14.3. The fourth-order valence-corrected chi connectivity index (χ4v) is 1.96. The summed E-state index contributed by atoms with van der Waals surface area (Å²) in [6.07, 6.45) is 0.715. The van der Waals surface area contributed by atoms with Gasteiger partial charge in [0.1, 0.15) is 0 Å². The van der Waals surface area contributed by atoms with Crippen molar-refractivity contribution in [3.05, 3.63) is 35.4 Å². The van der Waals surface area contributed by atoms with Gasteiger partial charge in [-0.2, -0.15) is 0 Å². The van der Waals surface area contributed by atoms with Crippen molar-refractivity contribution in [3.63, 3.8) is 0 Å². The molecule has 1 rings (SSSR count). The second-order valence-corrected chi connectivity index (χ2v) is 5.38. The standard InChI is InChI=1S/C15H24N2O/c1-10(2)8-14(16)15(18)17-12(4)13-7-5-6-11(3)9-13/h5-7,9-10,12,14H,8,16H2,1-4H3,(H,17,18)/t12-,14?/m1/s1. The van der Waals surface area contributed by atoms with Crippen LogP contribution in [0.1, 0.15) is 44.4 Å². The molecule has 0 aliphatic rings. The number of benzene rings is 1. The third-order valence-corrected chi connectivity index (χ3v) is 2.96. The van der Waals surface area contributed by atoms with Gasteiger partial charge in [0, 0.05) is 0 Å². The van der Waals surface area contributed by atoms with Gasteiger partial charge in [-0.1, -0.05) is 43.7 Å². The van der Waals surface area contributed by atoms with Gasteiger partial charge in [0.2, 0.25) is 5.91 Å². The lowest BCUT2D eigenvalue weighted by Crippen LogP contribution is -2.42. The first-order valence-corrected chi connectivity index (χ1v) is 6.52. The Balaban J connectivity index is 2.59. The minimum absolute atomic E-state index is 0.00406. The third kappa shape index (κ3) is 4.49. The molecule has 3 N–H and O–H groups in total. The zero-order chi connectivity index (χ0) is 13.7. The molecule has 0 spiro atoms. The minimum atomic E-state index is -0.419. The van der Waals surface area contributed by atoms with Crippen LogP contribution in [0.4, 0.5) is 0 Å². The van der Waals surface area contributed by atoms with E-state index in [2.05, 4.69) is 25.2 Å². The zero-order valence-corrected chi connectivity index (χ0v) is 11.7. The number of hydrogen-bond donors (Lipinski definition) is 2. The second kappa shape index (κ2) is 6.55. The Morgan fingerprint density at radius 1 is 1.33 bits per heavy atom. The van der Waals surface area contributed by atoms with Gasteiger partial charge in [0.05, 0.1) is 12.1 Å².